The highest BCUT2D eigenvalue weighted by molar-refractivity contribution is 6.42. The molecule has 1 heterocycles. The number of nitrogens with one attached hydrogen (secondary N) is 2. The minimum Gasteiger partial charge on any atom is -0.328 e. The molecule has 0 unspecified atom stereocenters. The number of carbonyl (C=O) groups is 1. The van der Waals surface area contributed by atoms with Crippen molar-refractivity contribution in [1.29, 1.82) is 0 Å². The van der Waals surface area contributed by atoms with Crippen molar-refractivity contribution in [3.63, 3.8) is 0 Å². The van der Waals surface area contributed by atoms with Gasteiger partial charge in [0.25, 0.3) is 5.91 Å². The molecule has 4 nitrogen and oxygen atoms in total. The van der Waals surface area contributed by atoms with E-state index in [0.717, 1.165) is 0 Å². The van der Waals surface area contributed by atoms with E-state index < -0.39 is 5.91 Å². The predicted octanol–water partition coefficient (Wildman–Crippen LogP) is 3.59. The Balaban J connectivity index is 2.29. The highest BCUT2D eigenvalue weighted by atomic mass is 35.5. The summed E-state index contributed by atoms with van der Waals surface area (Å²) in [7, 11) is 0. The maximum atomic E-state index is 11.9. The summed E-state index contributed by atoms with van der Waals surface area (Å²) in [5.41, 5.74) is 0.254. The monoisotopic (exact) mass is 316 g/mol. The average molecular weight is 318 g/mol. The summed E-state index contributed by atoms with van der Waals surface area (Å²) >= 11 is 17.7. The first-order valence-corrected chi connectivity index (χ1v) is 6.25. The summed E-state index contributed by atoms with van der Waals surface area (Å²) in [4.78, 5) is 25.2. The molecule has 2 aromatic rings. The van der Waals surface area contributed by atoms with Crippen LogP contribution in [0.3, 0.4) is 0 Å². The molecule has 1 aromatic heterocycles. The molecule has 0 fully saturated rings. The normalized spacial score (nSPS) is 10.3. The number of anilines is 1. The molecule has 0 radical (unpaired) electrons. The minimum absolute atomic E-state index is 0.232. The third-order valence-electron chi connectivity index (χ3n) is 2.29. The fourth-order valence-corrected chi connectivity index (χ4v) is 2.31. The molecule has 0 bridgehead atoms. The van der Waals surface area contributed by atoms with Gasteiger partial charge in [-0.3, -0.25) is 9.59 Å². The smallest absolute Gasteiger partial charge is 0.257 e. The molecule has 0 spiro atoms. The molecular weight excluding hydrogens is 311 g/mol. The van der Waals surface area contributed by atoms with Crippen LogP contribution in [0, 0.1) is 0 Å². The molecule has 1 aromatic carbocycles. The third kappa shape index (κ3) is 3.29. The van der Waals surface area contributed by atoms with E-state index in [-0.39, 0.29) is 26.9 Å². The molecule has 98 valence electrons. The lowest BCUT2D eigenvalue weighted by Crippen LogP contribution is -2.15. The third-order valence-corrected chi connectivity index (χ3v) is 3.11. The van der Waals surface area contributed by atoms with Crippen molar-refractivity contribution in [2.75, 3.05) is 5.32 Å². The SMILES string of the molecule is O=C(Nc1c(Cl)cc(Cl)cc1Cl)c1ccc(=O)[nH]c1. The fourth-order valence-electron chi connectivity index (χ4n) is 1.40. The number of halogens is 3. The topological polar surface area (TPSA) is 62.0 Å². The van der Waals surface area contributed by atoms with Gasteiger partial charge in [0.05, 0.1) is 21.3 Å². The van der Waals surface area contributed by atoms with Gasteiger partial charge in [-0.25, -0.2) is 0 Å². The highest BCUT2D eigenvalue weighted by Crippen LogP contribution is 2.33. The molecule has 19 heavy (non-hydrogen) atoms. The van der Waals surface area contributed by atoms with E-state index in [0.29, 0.717) is 5.02 Å². The van der Waals surface area contributed by atoms with Gasteiger partial charge in [-0.15, -0.1) is 0 Å². The fraction of sp³-hybridized carbons (Fsp3) is 0. The van der Waals surface area contributed by atoms with Crippen molar-refractivity contribution in [1.82, 2.24) is 4.98 Å². The van der Waals surface area contributed by atoms with Gasteiger partial charge < -0.3 is 10.3 Å². The van der Waals surface area contributed by atoms with Gasteiger partial charge in [0.1, 0.15) is 0 Å². The lowest BCUT2D eigenvalue weighted by molar-refractivity contribution is 0.102. The zero-order chi connectivity index (χ0) is 14.0. The van der Waals surface area contributed by atoms with Gasteiger partial charge >= 0.3 is 0 Å². The van der Waals surface area contributed by atoms with Crippen molar-refractivity contribution in [2.24, 2.45) is 0 Å². The van der Waals surface area contributed by atoms with E-state index in [4.69, 9.17) is 34.8 Å². The number of aromatic amines is 1. The zero-order valence-corrected chi connectivity index (χ0v) is 11.6. The summed E-state index contributed by atoms with van der Waals surface area (Å²) in [6.07, 6.45) is 1.30. The van der Waals surface area contributed by atoms with E-state index in [2.05, 4.69) is 10.3 Å². The number of carbonyl (C=O) groups excluding carboxylic acids is 1. The first kappa shape index (κ1) is 13.9. The van der Waals surface area contributed by atoms with Crippen molar-refractivity contribution >= 4 is 46.4 Å². The van der Waals surface area contributed by atoms with Crippen LogP contribution < -0.4 is 10.9 Å². The van der Waals surface area contributed by atoms with Gasteiger partial charge in [-0.05, 0) is 18.2 Å². The van der Waals surface area contributed by atoms with Crippen LogP contribution in [0.25, 0.3) is 0 Å². The Hall–Kier alpha value is -1.49. The Kier molecular flexibility index (Phi) is 4.14. The van der Waals surface area contributed by atoms with E-state index in [1.165, 1.54) is 30.5 Å². The van der Waals surface area contributed by atoms with E-state index in [9.17, 15) is 9.59 Å². The second kappa shape index (κ2) is 5.65. The number of H-pyrrole nitrogens is 1. The quantitative estimate of drug-likeness (QED) is 0.889. The predicted molar refractivity (Wildman–Crippen MR) is 76.5 cm³/mol. The average Bonchev–Trinajstić information content (AvgIpc) is 2.34. The molecule has 1 amide bonds. The van der Waals surface area contributed by atoms with Gasteiger partial charge in [0.2, 0.25) is 5.56 Å². The van der Waals surface area contributed by atoms with Crippen LogP contribution in [0.15, 0.2) is 35.3 Å². The van der Waals surface area contributed by atoms with Gasteiger partial charge in [-0.2, -0.15) is 0 Å². The van der Waals surface area contributed by atoms with Gasteiger partial charge in [0.15, 0.2) is 0 Å². The van der Waals surface area contributed by atoms with Crippen LogP contribution in [0.1, 0.15) is 10.4 Å². The van der Waals surface area contributed by atoms with Crippen LogP contribution in [0.4, 0.5) is 5.69 Å². The second-order valence-electron chi connectivity index (χ2n) is 3.64. The molecule has 2 N–H and O–H groups in total. The molecule has 0 saturated carbocycles. The van der Waals surface area contributed by atoms with Crippen LogP contribution in [-0.2, 0) is 0 Å². The van der Waals surface area contributed by atoms with Crippen molar-refractivity contribution in [2.45, 2.75) is 0 Å². The molecule has 0 aliphatic heterocycles. The van der Waals surface area contributed by atoms with Crippen LogP contribution >= 0.6 is 34.8 Å². The molecule has 2 rings (SSSR count). The molecule has 0 atom stereocenters. The van der Waals surface area contributed by atoms with E-state index >= 15 is 0 Å². The highest BCUT2D eigenvalue weighted by Gasteiger charge is 2.12. The second-order valence-corrected chi connectivity index (χ2v) is 4.89. The Labute approximate surface area is 123 Å². The molecule has 0 saturated heterocycles. The minimum atomic E-state index is -0.442. The zero-order valence-electron chi connectivity index (χ0n) is 9.34. The lowest BCUT2D eigenvalue weighted by Gasteiger charge is -2.09. The molecular formula is C12H7Cl3N2O2. The summed E-state index contributed by atoms with van der Waals surface area (Å²) in [5, 5.41) is 3.39. The molecule has 0 aliphatic carbocycles. The number of amides is 1. The number of benzene rings is 1. The number of rotatable bonds is 2. The van der Waals surface area contributed by atoms with E-state index in [1.54, 1.807) is 0 Å². The largest absolute Gasteiger partial charge is 0.328 e. The van der Waals surface area contributed by atoms with E-state index in [1.807, 2.05) is 0 Å². The maximum Gasteiger partial charge on any atom is 0.257 e. The first-order chi connectivity index (χ1) is 8.97. The summed E-state index contributed by atoms with van der Waals surface area (Å²) in [6.45, 7) is 0. The van der Waals surface area contributed by atoms with Crippen LogP contribution in [0.2, 0.25) is 15.1 Å². The van der Waals surface area contributed by atoms with Crippen LogP contribution in [0.5, 0.6) is 0 Å². The Bertz CT molecular complexity index is 654. The first-order valence-electron chi connectivity index (χ1n) is 5.12. The van der Waals surface area contributed by atoms with Gasteiger partial charge in [0, 0.05) is 17.3 Å². The number of hydrogen-bond donors (Lipinski definition) is 2. The molecule has 0 aliphatic rings. The Morgan fingerprint density at radius 2 is 1.74 bits per heavy atom. The van der Waals surface area contributed by atoms with Crippen LogP contribution in [-0.4, -0.2) is 10.9 Å². The Morgan fingerprint density at radius 1 is 1.11 bits per heavy atom. The standard InChI is InChI=1S/C12H7Cl3N2O2/c13-7-3-8(14)11(9(15)4-7)17-12(19)6-1-2-10(18)16-5-6/h1-5H,(H,16,18)(H,17,19). The van der Waals surface area contributed by atoms with Crippen molar-refractivity contribution in [3.05, 3.63) is 61.4 Å². The maximum absolute atomic E-state index is 11.9. The molecule has 7 heteroatoms. The summed E-state index contributed by atoms with van der Waals surface area (Å²) < 4.78 is 0. The summed E-state index contributed by atoms with van der Waals surface area (Å²) in [5.74, 6) is -0.442. The summed E-state index contributed by atoms with van der Waals surface area (Å²) in [6, 6.07) is 5.58. The van der Waals surface area contributed by atoms with Crippen molar-refractivity contribution < 1.29 is 4.79 Å². The lowest BCUT2D eigenvalue weighted by atomic mass is 10.2. The number of pyridine rings is 1. The van der Waals surface area contributed by atoms with Crippen molar-refractivity contribution in [3.8, 4) is 0 Å². The Morgan fingerprint density at radius 3 is 2.26 bits per heavy atom. The number of hydrogen-bond acceptors (Lipinski definition) is 2. The van der Waals surface area contributed by atoms with Gasteiger partial charge in [-0.1, -0.05) is 34.8 Å². The number of aromatic nitrogens is 1.